The van der Waals surface area contributed by atoms with Gasteiger partial charge in [-0.05, 0) is 24.5 Å². The van der Waals surface area contributed by atoms with Crippen LogP contribution >= 0.6 is 11.6 Å². The molecule has 0 aliphatic rings. The van der Waals surface area contributed by atoms with Gasteiger partial charge in [0.15, 0.2) is 0 Å². The van der Waals surface area contributed by atoms with Crippen LogP contribution in [-0.2, 0) is 9.84 Å². The van der Waals surface area contributed by atoms with Gasteiger partial charge in [0, 0.05) is 6.26 Å². The van der Waals surface area contributed by atoms with Crippen LogP contribution in [0.15, 0.2) is 27.8 Å². The van der Waals surface area contributed by atoms with Crippen molar-refractivity contribution >= 4 is 27.3 Å². The van der Waals surface area contributed by atoms with Gasteiger partial charge in [0.05, 0.1) is 10.6 Å². The molecule has 1 aromatic heterocycles. The van der Waals surface area contributed by atoms with E-state index in [-0.39, 0.29) is 22.4 Å². The molecule has 10 heteroatoms. The molecular formula is C15H17ClFN3O4S. The minimum Gasteiger partial charge on any atom is -0.410 e. The predicted octanol–water partition coefficient (Wildman–Crippen LogP) is 2.78. The summed E-state index contributed by atoms with van der Waals surface area (Å²) in [7, 11) is -3.67. The number of hydrogen-bond donors (Lipinski definition) is 1. The molecule has 1 amide bonds. The Hall–Kier alpha value is -2.00. The molecule has 0 bridgehead atoms. The van der Waals surface area contributed by atoms with E-state index >= 15 is 0 Å². The third-order valence-corrected chi connectivity index (χ3v) is 4.35. The van der Waals surface area contributed by atoms with Crippen LogP contribution < -0.4 is 5.32 Å². The number of nitrogens with one attached hydrogen (secondary N) is 1. The van der Waals surface area contributed by atoms with E-state index < -0.39 is 32.8 Å². The summed E-state index contributed by atoms with van der Waals surface area (Å²) in [5.74, 6) is -1.49. The average Bonchev–Trinajstić information content (AvgIpc) is 2.95. The number of nitrogens with zero attached hydrogens (tertiary/aromatic N) is 2. The number of carbonyl (C=O) groups excluding carboxylic acids is 1. The van der Waals surface area contributed by atoms with Crippen molar-refractivity contribution < 1.29 is 22.0 Å². The largest absolute Gasteiger partial charge is 0.410 e. The van der Waals surface area contributed by atoms with Crippen LogP contribution in [0.1, 0.15) is 42.6 Å². The van der Waals surface area contributed by atoms with Crippen LogP contribution in [0.4, 0.5) is 4.39 Å². The van der Waals surface area contributed by atoms with Crippen molar-refractivity contribution in [1.29, 1.82) is 0 Å². The lowest BCUT2D eigenvalue weighted by molar-refractivity contribution is 0.0919. The lowest BCUT2D eigenvalue weighted by Gasteiger charge is -2.17. The van der Waals surface area contributed by atoms with Crippen molar-refractivity contribution in [2.45, 2.75) is 31.5 Å². The van der Waals surface area contributed by atoms with Crippen molar-refractivity contribution in [3.8, 4) is 0 Å². The molecule has 0 saturated heterocycles. The van der Waals surface area contributed by atoms with Crippen LogP contribution in [-0.4, -0.2) is 30.8 Å². The number of rotatable bonds is 6. The fraction of sp³-hybridized carbons (Fsp3) is 0.400. The molecular weight excluding hydrogens is 373 g/mol. The number of halogens is 2. The Morgan fingerprint density at radius 2 is 2.04 bits per heavy atom. The predicted molar refractivity (Wildman–Crippen MR) is 88.5 cm³/mol. The molecule has 0 radical (unpaired) electrons. The fourth-order valence-electron chi connectivity index (χ4n) is 2.15. The van der Waals surface area contributed by atoms with E-state index in [9.17, 15) is 17.6 Å². The first-order valence-corrected chi connectivity index (χ1v) is 9.65. The van der Waals surface area contributed by atoms with E-state index in [1.54, 1.807) is 0 Å². The van der Waals surface area contributed by atoms with Crippen LogP contribution in [0.5, 0.6) is 0 Å². The van der Waals surface area contributed by atoms with E-state index in [0.29, 0.717) is 6.42 Å². The third-order valence-electron chi connectivity index (χ3n) is 3.24. The quantitative estimate of drug-likeness (QED) is 0.814. The molecule has 0 spiro atoms. The number of hydrogen-bond acceptors (Lipinski definition) is 6. The molecule has 0 unspecified atom stereocenters. The Morgan fingerprint density at radius 1 is 1.36 bits per heavy atom. The fourth-order valence-corrected chi connectivity index (χ4v) is 2.82. The molecule has 136 valence electrons. The highest BCUT2D eigenvalue weighted by molar-refractivity contribution is 7.90. The summed E-state index contributed by atoms with van der Waals surface area (Å²) in [6.45, 7) is 3.78. The first-order chi connectivity index (χ1) is 11.6. The summed E-state index contributed by atoms with van der Waals surface area (Å²) in [6.07, 6.45) is 1.31. The molecule has 1 aromatic carbocycles. The third kappa shape index (κ3) is 4.76. The molecule has 1 N–H and O–H groups in total. The average molecular weight is 390 g/mol. The SMILES string of the molecule is CC(C)C[C@H](NC(=O)c1c(F)cccc1Cl)c1nnc(S(C)(=O)=O)o1. The number of benzene rings is 1. The van der Waals surface area contributed by atoms with Gasteiger partial charge in [-0.25, -0.2) is 12.8 Å². The molecule has 25 heavy (non-hydrogen) atoms. The van der Waals surface area contributed by atoms with E-state index in [0.717, 1.165) is 12.3 Å². The van der Waals surface area contributed by atoms with Crippen LogP contribution in [0, 0.1) is 11.7 Å². The zero-order valence-electron chi connectivity index (χ0n) is 13.8. The molecule has 0 aliphatic carbocycles. The lowest BCUT2D eigenvalue weighted by atomic mass is 10.0. The van der Waals surface area contributed by atoms with Gasteiger partial charge in [-0.2, -0.15) is 0 Å². The smallest absolute Gasteiger partial charge is 0.335 e. The number of carbonyl (C=O) groups is 1. The lowest BCUT2D eigenvalue weighted by Crippen LogP contribution is -2.30. The number of aromatic nitrogens is 2. The van der Waals surface area contributed by atoms with Crippen LogP contribution in [0.25, 0.3) is 0 Å². The molecule has 1 heterocycles. The Kier molecular flexibility index (Phi) is 5.79. The Labute approximate surface area is 149 Å². The molecule has 1 atom stereocenters. The van der Waals surface area contributed by atoms with Gasteiger partial charge in [0.1, 0.15) is 11.9 Å². The Balaban J connectivity index is 2.32. The van der Waals surface area contributed by atoms with E-state index in [2.05, 4.69) is 15.5 Å². The minimum absolute atomic E-state index is 0.0387. The standard InChI is InChI=1S/C15H17ClFN3O4S/c1-8(2)7-11(14-19-20-15(24-14)25(3,22)23)18-13(21)12-9(16)5-4-6-10(12)17/h4-6,8,11H,7H2,1-3H3,(H,18,21)/t11-/m0/s1. The zero-order chi connectivity index (χ0) is 18.8. The molecule has 0 fully saturated rings. The summed E-state index contributed by atoms with van der Waals surface area (Å²) < 4.78 is 42.0. The maximum absolute atomic E-state index is 13.9. The number of sulfone groups is 1. The zero-order valence-corrected chi connectivity index (χ0v) is 15.4. The normalized spacial score (nSPS) is 13.0. The second-order valence-electron chi connectivity index (χ2n) is 5.93. The summed E-state index contributed by atoms with van der Waals surface area (Å²) in [6, 6.07) is 3.11. The van der Waals surface area contributed by atoms with Gasteiger partial charge >= 0.3 is 5.22 Å². The van der Waals surface area contributed by atoms with Crippen molar-refractivity contribution in [1.82, 2.24) is 15.5 Å². The second-order valence-corrected chi connectivity index (χ2v) is 8.23. The van der Waals surface area contributed by atoms with Crippen molar-refractivity contribution in [3.63, 3.8) is 0 Å². The summed E-state index contributed by atoms with van der Waals surface area (Å²) in [5, 5.41) is 9.15. The highest BCUT2D eigenvalue weighted by atomic mass is 35.5. The summed E-state index contributed by atoms with van der Waals surface area (Å²) >= 11 is 5.89. The Morgan fingerprint density at radius 3 is 2.56 bits per heavy atom. The topological polar surface area (TPSA) is 102 Å². The first kappa shape index (κ1) is 19.3. The van der Waals surface area contributed by atoms with Crippen molar-refractivity contribution in [2.75, 3.05) is 6.26 Å². The van der Waals surface area contributed by atoms with Gasteiger partial charge in [-0.1, -0.05) is 36.6 Å². The maximum atomic E-state index is 13.9. The van der Waals surface area contributed by atoms with E-state index in [1.165, 1.54) is 12.1 Å². The maximum Gasteiger partial charge on any atom is 0.335 e. The van der Waals surface area contributed by atoms with Gasteiger partial charge < -0.3 is 9.73 Å². The van der Waals surface area contributed by atoms with Crippen LogP contribution in [0.2, 0.25) is 5.02 Å². The van der Waals surface area contributed by atoms with E-state index in [4.69, 9.17) is 16.0 Å². The highest BCUT2D eigenvalue weighted by Gasteiger charge is 2.27. The Bertz CT molecular complexity index is 862. The molecule has 2 aromatic rings. The monoisotopic (exact) mass is 389 g/mol. The van der Waals surface area contributed by atoms with Crippen molar-refractivity contribution in [3.05, 3.63) is 40.5 Å². The molecule has 0 saturated carbocycles. The van der Waals surface area contributed by atoms with Gasteiger partial charge in [0.25, 0.3) is 5.91 Å². The first-order valence-electron chi connectivity index (χ1n) is 7.38. The second kappa shape index (κ2) is 7.49. The van der Waals surface area contributed by atoms with E-state index in [1.807, 2.05) is 13.8 Å². The van der Waals surface area contributed by atoms with Crippen molar-refractivity contribution in [2.24, 2.45) is 5.92 Å². The van der Waals surface area contributed by atoms with Crippen LogP contribution in [0.3, 0.4) is 0 Å². The summed E-state index contributed by atoms with van der Waals surface area (Å²) in [5.41, 5.74) is -0.305. The molecule has 0 aliphatic heterocycles. The molecule has 7 nitrogen and oxygen atoms in total. The number of amides is 1. The molecule has 2 rings (SSSR count). The minimum atomic E-state index is -3.67. The van der Waals surface area contributed by atoms with Gasteiger partial charge in [-0.3, -0.25) is 4.79 Å². The van der Waals surface area contributed by atoms with Gasteiger partial charge in [0.2, 0.25) is 15.7 Å². The summed E-state index contributed by atoms with van der Waals surface area (Å²) in [4.78, 5) is 12.4. The highest BCUT2D eigenvalue weighted by Crippen LogP contribution is 2.24. The van der Waals surface area contributed by atoms with Gasteiger partial charge in [-0.15, -0.1) is 5.10 Å².